The largest absolute Gasteiger partial charge is 0.493 e. The summed E-state index contributed by atoms with van der Waals surface area (Å²) < 4.78 is 11.2. The summed E-state index contributed by atoms with van der Waals surface area (Å²) in [5.41, 5.74) is 4.03. The Bertz CT molecular complexity index is 1050. The molecule has 0 unspecified atom stereocenters. The average molecular weight is 343 g/mol. The van der Waals surface area contributed by atoms with Crippen LogP contribution in [0.3, 0.4) is 0 Å². The van der Waals surface area contributed by atoms with Crippen LogP contribution in [0.25, 0.3) is 22.1 Å². The predicted octanol–water partition coefficient (Wildman–Crippen LogP) is 4.93. The zero-order valence-corrected chi connectivity index (χ0v) is 14.3. The maximum atomic E-state index is 13.0. The lowest BCUT2D eigenvalue weighted by Gasteiger charge is -2.08. The summed E-state index contributed by atoms with van der Waals surface area (Å²) in [7, 11) is 1.60. The van der Waals surface area contributed by atoms with Gasteiger partial charge >= 0.3 is 0 Å². The van der Waals surface area contributed by atoms with Crippen LogP contribution in [0, 0.1) is 0 Å². The van der Waals surface area contributed by atoms with E-state index in [0.29, 0.717) is 23.3 Å². The highest BCUT2D eigenvalue weighted by Crippen LogP contribution is 2.38. The van der Waals surface area contributed by atoms with Crippen LogP contribution in [-0.4, -0.2) is 17.9 Å². The molecule has 26 heavy (non-hydrogen) atoms. The maximum absolute atomic E-state index is 13.0. The summed E-state index contributed by atoms with van der Waals surface area (Å²) in [6, 6.07) is 17.2. The number of ketones is 1. The molecule has 0 bridgehead atoms. The number of ether oxygens (including phenoxy) is 1. The highest BCUT2D eigenvalue weighted by atomic mass is 16.5. The molecule has 128 valence electrons. The molecule has 4 rings (SSSR count). The fourth-order valence-corrected chi connectivity index (χ4v) is 3.13. The Morgan fingerprint density at radius 3 is 2.54 bits per heavy atom. The van der Waals surface area contributed by atoms with Crippen molar-refractivity contribution in [2.75, 3.05) is 7.11 Å². The molecule has 0 radical (unpaired) electrons. The van der Waals surface area contributed by atoms with E-state index in [1.54, 1.807) is 31.8 Å². The zero-order chi connectivity index (χ0) is 17.9. The molecule has 2 aromatic heterocycles. The van der Waals surface area contributed by atoms with Crippen LogP contribution >= 0.6 is 0 Å². The highest BCUT2D eigenvalue weighted by Gasteiger charge is 2.20. The molecule has 0 N–H and O–H groups in total. The minimum Gasteiger partial charge on any atom is -0.493 e. The third-order valence-electron chi connectivity index (χ3n) is 4.40. The third kappa shape index (κ3) is 2.86. The van der Waals surface area contributed by atoms with Gasteiger partial charge in [0.2, 0.25) is 0 Å². The Morgan fingerprint density at radius 1 is 1.04 bits per heavy atom. The number of hydrogen-bond donors (Lipinski definition) is 0. The lowest BCUT2D eigenvalue weighted by Crippen LogP contribution is -2.04. The van der Waals surface area contributed by atoms with Crippen LogP contribution in [-0.2, 0) is 6.42 Å². The van der Waals surface area contributed by atoms with Gasteiger partial charge in [0.05, 0.1) is 13.4 Å². The fourth-order valence-electron chi connectivity index (χ4n) is 3.13. The number of furan rings is 1. The van der Waals surface area contributed by atoms with Gasteiger partial charge < -0.3 is 9.15 Å². The van der Waals surface area contributed by atoms with E-state index in [4.69, 9.17) is 9.15 Å². The van der Waals surface area contributed by atoms with Crippen LogP contribution in [0.2, 0.25) is 0 Å². The van der Waals surface area contributed by atoms with Crippen LogP contribution in [0.1, 0.15) is 15.9 Å². The van der Waals surface area contributed by atoms with Crippen molar-refractivity contribution in [2.24, 2.45) is 0 Å². The van der Waals surface area contributed by atoms with Gasteiger partial charge in [-0.3, -0.25) is 9.78 Å². The van der Waals surface area contributed by atoms with E-state index in [9.17, 15) is 4.79 Å². The Labute approximate surface area is 151 Å². The standard InChI is InChI=1S/C22H17NO3/c1-25-20-8-7-17(19(24)13-15-9-11-23-12-10-15)21-18(14-26-22(20)21)16-5-3-2-4-6-16/h2-12,14H,13H2,1H3. The second kappa shape index (κ2) is 6.84. The van der Waals surface area contributed by atoms with Gasteiger partial charge in [-0.1, -0.05) is 30.3 Å². The van der Waals surface area contributed by atoms with Crippen LogP contribution in [0.5, 0.6) is 5.75 Å². The van der Waals surface area contributed by atoms with Crippen molar-refractivity contribution in [1.82, 2.24) is 4.98 Å². The maximum Gasteiger partial charge on any atom is 0.177 e. The lowest BCUT2D eigenvalue weighted by molar-refractivity contribution is 0.0994. The lowest BCUT2D eigenvalue weighted by atomic mass is 9.95. The van der Waals surface area contributed by atoms with Gasteiger partial charge in [0, 0.05) is 35.3 Å². The summed E-state index contributed by atoms with van der Waals surface area (Å²) in [5, 5.41) is 0.787. The summed E-state index contributed by atoms with van der Waals surface area (Å²) in [4.78, 5) is 17.0. The van der Waals surface area contributed by atoms with Crippen molar-refractivity contribution in [3.63, 3.8) is 0 Å². The quantitative estimate of drug-likeness (QED) is 0.482. The van der Waals surface area contributed by atoms with Gasteiger partial charge in [-0.15, -0.1) is 0 Å². The van der Waals surface area contributed by atoms with Crippen molar-refractivity contribution in [3.8, 4) is 16.9 Å². The monoisotopic (exact) mass is 343 g/mol. The zero-order valence-electron chi connectivity index (χ0n) is 14.3. The Morgan fingerprint density at radius 2 is 1.81 bits per heavy atom. The molecule has 2 heterocycles. The first-order chi connectivity index (χ1) is 12.8. The topological polar surface area (TPSA) is 52.3 Å². The minimum absolute atomic E-state index is 0.0300. The van der Waals surface area contributed by atoms with Gasteiger partial charge in [0.25, 0.3) is 0 Å². The number of pyridine rings is 1. The van der Waals surface area contributed by atoms with E-state index >= 15 is 0 Å². The summed E-state index contributed by atoms with van der Waals surface area (Å²) >= 11 is 0. The molecule has 0 amide bonds. The molecule has 0 spiro atoms. The van der Waals surface area contributed by atoms with E-state index < -0.39 is 0 Å². The van der Waals surface area contributed by atoms with Crippen molar-refractivity contribution >= 4 is 16.8 Å². The SMILES string of the molecule is COc1ccc(C(=O)Cc2ccncc2)c2c(-c3ccccc3)coc12. The molecular weight excluding hydrogens is 326 g/mol. The van der Waals surface area contributed by atoms with Crippen LogP contribution < -0.4 is 4.74 Å². The molecule has 0 atom stereocenters. The number of Topliss-reactive ketones (excluding diaryl/α,β-unsaturated/α-hetero) is 1. The molecule has 0 fully saturated rings. The highest BCUT2D eigenvalue weighted by molar-refractivity contribution is 6.13. The molecule has 4 aromatic rings. The molecule has 0 aliphatic carbocycles. The van der Waals surface area contributed by atoms with Gasteiger partial charge in [-0.25, -0.2) is 0 Å². The van der Waals surface area contributed by atoms with Gasteiger partial charge in [-0.2, -0.15) is 0 Å². The third-order valence-corrected chi connectivity index (χ3v) is 4.40. The summed E-state index contributed by atoms with van der Waals surface area (Å²) in [5.74, 6) is 0.644. The van der Waals surface area contributed by atoms with E-state index in [1.807, 2.05) is 48.5 Å². The predicted molar refractivity (Wildman–Crippen MR) is 100 cm³/mol. The number of aromatic nitrogens is 1. The molecule has 0 saturated heterocycles. The first kappa shape index (κ1) is 16.1. The van der Waals surface area contributed by atoms with E-state index in [0.717, 1.165) is 22.1 Å². The molecule has 0 aliphatic rings. The second-order valence-electron chi connectivity index (χ2n) is 5.99. The normalized spacial score (nSPS) is 10.8. The molecule has 4 nitrogen and oxygen atoms in total. The van der Waals surface area contributed by atoms with E-state index in [-0.39, 0.29) is 5.78 Å². The number of carbonyl (C=O) groups is 1. The van der Waals surface area contributed by atoms with Gasteiger partial charge in [0.15, 0.2) is 17.1 Å². The number of fused-ring (bicyclic) bond motifs is 1. The van der Waals surface area contributed by atoms with Crippen molar-refractivity contribution in [2.45, 2.75) is 6.42 Å². The van der Waals surface area contributed by atoms with Crippen molar-refractivity contribution in [1.29, 1.82) is 0 Å². The number of nitrogens with zero attached hydrogens (tertiary/aromatic N) is 1. The van der Waals surface area contributed by atoms with Gasteiger partial charge in [0.1, 0.15) is 0 Å². The van der Waals surface area contributed by atoms with Crippen LogP contribution in [0.15, 0.2) is 77.7 Å². The van der Waals surface area contributed by atoms with Gasteiger partial charge in [-0.05, 0) is 35.4 Å². The minimum atomic E-state index is 0.0300. The van der Waals surface area contributed by atoms with Crippen molar-refractivity contribution in [3.05, 3.63) is 84.4 Å². The fraction of sp³-hybridized carbons (Fsp3) is 0.0909. The van der Waals surface area contributed by atoms with Crippen LogP contribution in [0.4, 0.5) is 0 Å². The summed E-state index contributed by atoms with van der Waals surface area (Å²) in [6.45, 7) is 0. The first-order valence-corrected chi connectivity index (χ1v) is 8.33. The Balaban J connectivity index is 1.86. The molecular formula is C22H17NO3. The molecule has 0 saturated carbocycles. The molecule has 0 aliphatic heterocycles. The van der Waals surface area contributed by atoms with E-state index in [1.165, 1.54) is 0 Å². The Hall–Kier alpha value is -3.40. The number of carbonyl (C=O) groups excluding carboxylic acids is 1. The Kier molecular flexibility index (Phi) is 4.23. The van der Waals surface area contributed by atoms with E-state index in [2.05, 4.69) is 4.98 Å². The summed E-state index contributed by atoms with van der Waals surface area (Å²) in [6.07, 6.45) is 5.38. The number of hydrogen-bond acceptors (Lipinski definition) is 4. The smallest absolute Gasteiger partial charge is 0.177 e. The second-order valence-corrected chi connectivity index (χ2v) is 5.99. The number of methoxy groups -OCH3 is 1. The number of benzene rings is 2. The molecule has 4 heteroatoms. The number of rotatable bonds is 5. The molecule has 2 aromatic carbocycles. The van der Waals surface area contributed by atoms with Crippen molar-refractivity contribution < 1.29 is 13.9 Å². The average Bonchev–Trinajstić information content (AvgIpc) is 3.14. The first-order valence-electron chi connectivity index (χ1n) is 8.33.